The number of aryl methyl sites for hydroxylation is 1. The zero-order valence-electron chi connectivity index (χ0n) is 16.4. The summed E-state index contributed by atoms with van der Waals surface area (Å²) in [4.78, 5) is 38.5. The van der Waals surface area contributed by atoms with Crippen molar-refractivity contribution in [3.05, 3.63) is 58.6 Å². The van der Waals surface area contributed by atoms with Gasteiger partial charge in [-0.15, -0.1) is 0 Å². The Bertz CT molecular complexity index is 944. The van der Waals surface area contributed by atoms with Crippen LogP contribution in [0.5, 0.6) is 0 Å². The van der Waals surface area contributed by atoms with Crippen LogP contribution in [-0.4, -0.2) is 30.9 Å². The molecule has 1 N–H and O–H groups in total. The average molecular weight is 415 g/mol. The Balaban J connectivity index is 1.57. The fourth-order valence-corrected chi connectivity index (χ4v) is 3.55. The summed E-state index contributed by atoms with van der Waals surface area (Å²) >= 11 is 6.14. The first-order valence-electron chi connectivity index (χ1n) is 9.50. The molecule has 1 fully saturated rings. The standard InChI is InChI=1S/C22H23ClN2O4/c1-3-15-7-4-5-9-18(15)24-20(26)13-29-22(28)16-11-21(27)25(12-16)19-10-6-8-17(23)14(19)2/h4-10,16H,3,11-13H2,1-2H3,(H,24,26)/t16-/m1/s1. The first kappa shape index (κ1) is 20.9. The molecule has 1 aliphatic heterocycles. The van der Waals surface area contributed by atoms with Crippen LogP contribution in [0.3, 0.4) is 0 Å². The highest BCUT2D eigenvalue weighted by atomic mass is 35.5. The first-order valence-corrected chi connectivity index (χ1v) is 9.88. The number of hydrogen-bond acceptors (Lipinski definition) is 4. The summed E-state index contributed by atoms with van der Waals surface area (Å²) in [7, 11) is 0. The predicted octanol–water partition coefficient (Wildman–Crippen LogP) is 3.75. The van der Waals surface area contributed by atoms with Gasteiger partial charge in [0.1, 0.15) is 0 Å². The molecule has 152 valence electrons. The molecular formula is C22H23ClN2O4. The molecule has 7 heteroatoms. The predicted molar refractivity (Wildman–Crippen MR) is 112 cm³/mol. The number of carbonyl (C=O) groups excluding carboxylic acids is 3. The molecule has 1 heterocycles. The zero-order chi connectivity index (χ0) is 21.0. The van der Waals surface area contributed by atoms with E-state index in [1.54, 1.807) is 29.2 Å². The number of nitrogens with one attached hydrogen (secondary N) is 1. The van der Waals surface area contributed by atoms with Crippen LogP contribution in [-0.2, 0) is 25.5 Å². The van der Waals surface area contributed by atoms with Gasteiger partial charge in [0.25, 0.3) is 5.91 Å². The second kappa shape index (κ2) is 9.09. The Kier molecular flexibility index (Phi) is 6.54. The van der Waals surface area contributed by atoms with Gasteiger partial charge in [-0.2, -0.15) is 0 Å². The van der Waals surface area contributed by atoms with Gasteiger partial charge < -0.3 is 15.0 Å². The molecule has 29 heavy (non-hydrogen) atoms. The summed E-state index contributed by atoms with van der Waals surface area (Å²) in [5.41, 5.74) is 3.17. The third-order valence-corrected chi connectivity index (χ3v) is 5.42. The molecule has 2 aromatic carbocycles. The lowest BCUT2D eigenvalue weighted by atomic mass is 10.1. The van der Waals surface area contributed by atoms with Crippen LogP contribution in [0, 0.1) is 12.8 Å². The normalized spacial score (nSPS) is 16.0. The van der Waals surface area contributed by atoms with E-state index in [1.807, 2.05) is 32.0 Å². The smallest absolute Gasteiger partial charge is 0.311 e. The number of amides is 2. The number of halogens is 1. The van der Waals surface area contributed by atoms with Gasteiger partial charge in [-0.1, -0.05) is 42.8 Å². The van der Waals surface area contributed by atoms with Crippen LogP contribution in [0.4, 0.5) is 11.4 Å². The minimum atomic E-state index is -0.614. The molecule has 3 rings (SSSR count). The number of hydrogen-bond donors (Lipinski definition) is 1. The monoisotopic (exact) mass is 414 g/mol. The van der Waals surface area contributed by atoms with Gasteiger partial charge in [-0.25, -0.2) is 0 Å². The lowest BCUT2D eigenvalue weighted by Crippen LogP contribution is -2.28. The summed E-state index contributed by atoms with van der Waals surface area (Å²) < 4.78 is 5.16. The van der Waals surface area contributed by atoms with Gasteiger partial charge in [0.15, 0.2) is 6.61 Å². The van der Waals surface area contributed by atoms with Crippen molar-refractivity contribution in [3.8, 4) is 0 Å². The topological polar surface area (TPSA) is 75.7 Å². The Morgan fingerprint density at radius 2 is 1.97 bits per heavy atom. The van der Waals surface area contributed by atoms with Crippen molar-refractivity contribution >= 4 is 40.8 Å². The summed E-state index contributed by atoms with van der Waals surface area (Å²) in [5.74, 6) is -1.75. The van der Waals surface area contributed by atoms with E-state index in [1.165, 1.54) is 0 Å². The van der Waals surface area contributed by atoms with Gasteiger partial charge in [0.05, 0.1) is 5.92 Å². The van der Waals surface area contributed by atoms with E-state index in [-0.39, 0.29) is 18.9 Å². The number of nitrogens with zero attached hydrogens (tertiary/aromatic N) is 1. The highest BCUT2D eigenvalue weighted by Crippen LogP contribution is 2.31. The van der Waals surface area contributed by atoms with Crippen LogP contribution < -0.4 is 10.2 Å². The van der Waals surface area contributed by atoms with E-state index >= 15 is 0 Å². The first-order chi connectivity index (χ1) is 13.9. The van der Waals surface area contributed by atoms with Gasteiger partial charge >= 0.3 is 5.97 Å². The van der Waals surface area contributed by atoms with Crippen molar-refractivity contribution in [2.75, 3.05) is 23.4 Å². The van der Waals surface area contributed by atoms with Gasteiger partial charge in [-0.05, 0) is 42.7 Å². The van der Waals surface area contributed by atoms with Crippen LogP contribution >= 0.6 is 11.6 Å². The number of carbonyl (C=O) groups is 3. The molecule has 0 aliphatic carbocycles. The van der Waals surface area contributed by atoms with E-state index < -0.39 is 24.4 Å². The quantitative estimate of drug-likeness (QED) is 0.730. The Morgan fingerprint density at radius 1 is 1.21 bits per heavy atom. The summed E-state index contributed by atoms with van der Waals surface area (Å²) in [5, 5.41) is 3.32. The molecule has 0 aromatic heterocycles. The molecule has 0 saturated carbocycles. The molecule has 0 unspecified atom stereocenters. The second-order valence-corrected chi connectivity index (χ2v) is 7.36. The number of ether oxygens (including phenoxy) is 1. The molecule has 0 radical (unpaired) electrons. The fourth-order valence-electron chi connectivity index (χ4n) is 3.38. The van der Waals surface area contributed by atoms with Crippen molar-refractivity contribution < 1.29 is 19.1 Å². The Morgan fingerprint density at radius 3 is 2.72 bits per heavy atom. The maximum Gasteiger partial charge on any atom is 0.311 e. The molecule has 0 spiro atoms. The van der Waals surface area contributed by atoms with Crippen LogP contribution in [0.25, 0.3) is 0 Å². The van der Waals surface area contributed by atoms with Crippen LogP contribution in [0.1, 0.15) is 24.5 Å². The number of benzene rings is 2. The molecule has 2 amide bonds. The number of esters is 1. The van der Waals surface area contributed by atoms with E-state index in [0.717, 1.165) is 17.5 Å². The lowest BCUT2D eigenvalue weighted by Gasteiger charge is -2.19. The lowest BCUT2D eigenvalue weighted by molar-refractivity contribution is -0.151. The van der Waals surface area contributed by atoms with Gasteiger partial charge in [0, 0.05) is 29.4 Å². The van der Waals surface area contributed by atoms with E-state index in [0.29, 0.717) is 16.4 Å². The van der Waals surface area contributed by atoms with Crippen LogP contribution in [0.2, 0.25) is 5.02 Å². The zero-order valence-corrected chi connectivity index (χ0v) is 17.2. The largest absolute Gasteiger partial charge is 0.455 e. The van der Waals surface area contributed by atoms with Crippen LogP contribution in [0.15, 0.2) is 42.5 Å². The molecule has 2 aromatic rings. The van der Waals surface area contributed by atoms with Crippen molar-refractivity contribution in [2.24, 2.45) is 5.92 Å². The highest BCUT2D eigenvalue weighted by molar-refractivity contribution is 6.31. The molecule has 6 nitrogen and oxygen atoms in total. The third-order valence-electron chi connectivity index (χ3n) is 5.01. The third kappa shape index (κ3) is 4.77. The number of para-hydroxylation sites is 1. The van der Waals surface area contributed by atoms with Crippen molar-refractivity contribution in [2.45, 2.75) is 26.7 Å². The summed E-state index contributed by atoms with van der Waals surface area (Å²) in [6.07, 6.45) is 0.824. The van der Waals surface area contributed by atoms with E-state index in [2.05, 4.69) is 5.32 Å². The molecule has 1 atom stereocenters. The number of rotatable bonds is 6. The minimum absolute atomic E-state index is 0.0467. The van der Waals surface area contributed by atoms with Crippen molar-refractivity contribution in [1.29, 1.82) is 0 Å². The Hall–Kier alpha value is -2.86. The molecule has 0 bridgehead atoms. The highest BCUT2D eigenvalue weighted by Gasteiger charge is 2.37. The molecular weight excluding hydrogens is 392 g/mol. The summed E-state index contributed by atoms with van der Waals surface area (Å²) in [6.45, 7) is 3.64. The minimum Gasteiger partial charge on any atom is -0.455 e. The second-order valence-electron chi connectivity index (χ2n) is 6.96. The SMILES string of the molecule is CCc1ccccc1NC(=O)COC(=O)[C@@H]1CC(=O)N(c2cccc(Cl)c2C)C1. The van der Waals surface area contributed by atoms with Gasteiger partial charge in [0.2, 0.25) is 5.91 Å². The summed E-state index contributed by atoms with van der Waals surface area (Å²) in [6, 6.07) is 12.8. The maximum atomic E-state index is 12.4. The van der Waals surface area contributed by atoms with E-state index in [9.17, 15) is 14.4 Å². The molecule has 1 saturated heterocycles. The fraction of sp³-hybridized carbons (Fsp3) is 0.318. The van der Waals surface area contributed by atoms with Crippen molar-refractivity contribution in [1.82, 2.24) is 0 Å². The Labute approximate surface area is 174 Å². The molecule has 1 aliphatic rings. The number of anilines is 2. The van der Waals surface area contributed by atoms with Crippen molar-refractivity contribution in [3.63, 3.8) is 0 Å². The average Bonchev–Trinajstić information content (AvgIpc) is 3.10. The maximum absolute atomic E-state index is 12.4. The van der Waals surface area contributed by atoms with E-state index in [4.69, 9.17) is 16.3 Å². The van der Waals surface area contributed by atoms with Gasteiger partial charge in [-0.3, -0.25) is 14.4 Å².